The molecule has 4 nitrogen and oxygen atoms in total. The summed E-state index contributed by atoms with van der Waals surface area (Å²) < 4.78 is 11.1. The lowest BCUT2D eigenvalue weighted by Crippen LogP contribution is -2.06. The highest BCUT2D eigenvalue weighted by Crippen LogP contribution is 2.27. The fraction of sp³-hybridized carbons (Fsp3) is 0.278. The van der Waals surface area contributed by atoms with Gasteiger partial charge in [0.2, 0.25) is 0 Å². The Bertz CT molecular complexity index is 659. The minimum atomic E-state index is 0.575. The summed E-state index contributed by atoms with van der Waals surface area (Å²) in [6, 6.07) is 13.4. The highest BCUT2D eigenvalue weighted by atomic mass is 35.5. The van der Waals surface area contributed by atoms with Crippen molar-refractivity contribution in [3.8, 4) is 11.5 Å². The van der Waals surface area contributed by atoms with E-state index in [-0.39, 0.29) is 0 Å². The first kappa shape index (κ1) is 17.2. The third-order valence-electron chi connectivity index (χ3n) is 3.10. The zero-order chi connectivity index (χ0) is 16.5. The Morgan fingerprint density at radius 1 is 1.04 bits per heavy atom. The van der Waals surface area contributed by atoms with Gasteiger partial charge >= 0.3 is 0 Å². The summed E-state index contributed by atoms with van der Waals surface area (Å²) in [7, 11) is 0. The number of hydrazone groups is 1. The Balaban J connectivity index is 1.99. The zero-order valence-electron chi connectivity index (χ0n) is 13.4. The average molecular weight is 333 g/mol. The average Bonchev–Trinajstić information content (AvgIpc) is 2.56. The smallest absolute Gasteiger partial charge is 0.161 e. The molecule has 0 aliphatic heterocycles. The number of rotatable bonds is 8. The standard InChI is InChI=1S/C18H21ClN2O2/c1-3-22-17-10-9-14(11-18(17)23-4-2)12-20-21-13-15-7-5-6-8-16(15)19/h5-12,21H,3-4,13H2,1-2H3/b20-12-. The molecule has 0 heterocycles. The number of benzene rings is 2. The summed E-state index contributed by atoms with van der Waals surface area (Å²) >= 11 is 6.10. The summed E-state index contributed by atoms with van der Waals surface area (Å²) in [6.07, 6.45) is 1.75. The third-order valence-corrected chi connectivity index (χ3v) is 3.47. The van der Waals surface area contributed by atoms with E-state index in [1.807, 2.05) is 56.3 Å². The lowest BCUT2D eigenvalue weighted by Gasteiger charge is -2.11. The van der Waals surface area contributed by atoms with E-state index in [0.29, 0.717) is 19.8 Å². The summed E-state index contributed by atoms with van der Waals surface area (Å²) in [5.74, 6) is 1.47. The van der Waals surface area contributed by atoms with E-state index in [0.717, 1.165) is 27.6 Å². The van der Waals surface area contributed by atoms with Crippen molar-refractivity contribution in [1.29, 1.82) is 0 Å². The second-order valence-electron chi connectivity index (χ2n) is 4.76. The van der Waals surface area contributed by atoms with Crippen molar-refractivity contribution in [2.24, 2.45) is 5.10 Å². The van der Waals surface area contributed by atoms with Crippen molar-refractivity contribution in [3.05, 3.63) is 58.6 Å². The maximum absolute atomic E-state index is 6.10. The van der Waals surface area contributed by atoms with Crippen LogP contribution in [0.1, 0.15) is 25.0 Å². The van der Waals surface area contributed by atoms with Crippen molar-refractivity contribution in [1.82, 2.24) is 5.43 Å². The number of hydrogen-bond acceptors (Lipinski definition) is 4. The molecule has 2 aromatic rings. The fourth-order valence-electron chi connectivity index (χ4n) is 2.04. The molecule has 0 fully saturated rings. The molecule has 122 valence electrons. The first-order chi connectivity index (χ1) is 11.2. The highest BCUT2D eigenvalue weighted by Gasteiger charge is 2.05. The van der Waals surface area contributed by atoms with Gasteiger partial charge in [0.1, 0.15) is 0 Å². The molecule has 0 saturated heterocycles. The van der Waals surface area contributed by atoms with Crippen LogP contribution in [-0.4, -0.2) is 19.4 Å². The third kappa shape index (κ3) is 5.18. The number of ether oxygens (including phenoxy) is 2. The molecular formula is C18H21ClN2O2. The zero-order valence-corrected chi connectivity index (χ0v) is 14.1. The first-order valence-corrected chi connectivity index (χ1v) is 8.01. The summed E-state index contributed by atoms with van der Waals surface area (Å²) in [5.41, 5.74) is 4.94. The van der Waals surface area contributed by atoms with Crippen LogP contribution < -0.4 is 14.9 Å². The Morgan fingerprint density at radius 3 is 2.52 bits per heavy atom. The van der Waals surface area contributed by atoms with Gasteiger partial charge in [-0.1, -0.05) is 29.8 Å². The van der Waals surface area contributed by atoms with Crippen LogP contribution in [0, 0.1) is 0 Å². The lowest BCUT2D eigenvalue weighted by atomic mass is 10.2. The molecule has 0 amide bonds. The molecule has 1 N–H and O–H groups in total. The second-order valence-corrected chi connectivity index (χ2v) is 5.16. The SMILES string of the molecule is CCOc1ccc(/C=N\NCc2ccccc2Cl)cc1OCC. The monoisotopic (exact) mass is 332 g/mol. The molecule has 5 heteroatoms. The van der Waals surface area contributed by atoms with Crippen LogP contribution in [-0.2, 0) is 6.54 Å². The predicted molar refractivity (Wildman–Crippen MR) is 94.7 cm³/mol. The van der Waals surface area contributed by atoms with Crippen LogP contribution in [0.5, 0.6) is 11.5 Å². The minimum Gasteiger partial charge on any atom is -0.490 e. The Kier molecular flexibility index (Phi) is 6.76. The molecule has 2 rings (SSSR count). The number of nitrogens with one attached hydrogen (secondary N) is 1. The van der Waals surface area contributed by atoms with Gasteiger partial charge in [-0.05, 0) is 49.2 Å². The maximum Gasteiger partial charge on any atom is 0.161 e. The summed E-state index contributed by atoms with van der Waals surface area (Å²) in [6.45, 7) is 5.66. The highest BCUT2D eigenvalue weighted by molar-refractivity contribution is 6.31. The summed E-state index contributed by atoms with van der Waals surface area (Å²) in [4.78, 5) is 0. The molecule has 0 atom stereocenters. The molecule has 0 aliphatic carbocycles. The van der Waals surface area contributed by atoms with Gasteiger partial charge < -0.3 is 14.9 Å². The molecule has 0 spiro atoms. The van der Waals surface area contributed by atoms with Gasteiger partial charge in [0.25, 0.3) is 0 Å². The number of hydrogen-bond donors (Lipinski definition) is 1. The molecule has 0 aromatic heterocycles. The van der Waals surface area contributed by atoms with Gasteiger partial charge in [0.15, 0.2) is 11.5 Å². The van der Waals surface area contributed by atoms with Crippen LogP contribution in [0.3, 0.4) is 0 Å². The Labute approximate surface area is 142 Å². The molecule has 0 radical (unpaired) electrons. The first-order valence-electron chi connectivity index (χ1n) is 7.63. The van der Waals surface area contributed by atoms with Gasteiger partial charge in [0.05, 0.1) is 26.0 Å². The van der Waals surface area contributed by atoms with Crippen LogP contribution in [0.15, 0.2) is 47.6 Å². The molecule has 0 bridgehead atoms. The van der Waals surface area contributed by atoms with Crippen LogP contribution in [0.25, 0.3) is 0 Å². The van der Waals surface area contributed by atoms with E-state index in [4.69, 9.17) is 21.1 Å². The molecule has 2 aromatic carbocycles. The van der Waals surface area contributed by atoms with Gasteiger partial charge in [0, 0.05) is 5.02 Å². The molecule has 0 unspecified atom stereocenters. The van der Waals surface area contributed by atoms with Gasteiger partial charge in [-0.2, -0.15) is 5.10 Å². The largest absolute Gasteiger partial charge is 0.490 e. The van der Waals surface area contributed by atoms with Crippen molar-refractivity contribution >= 4 is 17.8 Å². The Hall–Kier alpha value is -2.20. The topological polar surface area (TPSA) is 42.8 Å². The van der Waals surface area contributed by atoms with E-state index in [1.54, 1.807) is 6.21 Å². The molecule has 23 heavy (non-hydrogen) atoms. The van der Waals surface area contributed by atoms with E-state index in [9.17, 15) is 0 Å². The van der Waals surface area contributed by atoms with Gasteiger partial charge in [-0.15, -0.1) is 0 Å². The number of nitrogens with zero attached hydrogens (tertiary/aromatic N) is 1. The molecule has 0 aliphatic rings. The fourth-order valence-corrected chi connectivity index (χ4v) is 2.24. The van der Waals surface area contributed by atoms with E-state index in [2.05, 4.69) is 10.5 Å². The molecule has 0 saturated carbocycles. The van der Waals surface area contributed by atoms with Crippen LogP contribution in [0.2, 0.25) is 5.02 Å². The van der Waals surface area contributed by atoms with Gasteiger partial charge in [-0.3, -0.25) is 0 Å². The minimum absolute atomic E-state index is 0.575. The maximum atomic E-state index is 6.10. The normalized spacial score (nSPS) is 10.7. The number of halogens is 1. The van der Waals surface area contributed by atoms with Crippen molar-refractivity contribution in [2.45, 2.75) is 20.4 Å². The van der Waals surface area contributed by atoms with Crippen LogP contribution >= 0.6 is 11.6 Å². The molecular weight excluding hydrogens is 312 g/mol. The Morgan fingerprint density at radius 2 is 1.78 bits per heavy atom. The lowest BCUT2D eigenvalue weighted by molar-refractivity contribution is 0.288. The van der Waals surface area contributed by atoms with Crippen LogP contribution in [0.4, 0.5) is 0 Å². The van der Waals surface area contributed by atoms with E-state index in [1.165, 1.54) is 0 Å². The van der Waals surface area contributed by atoms with E-state index >= 15 is 0 Å². The van der Waals surface area contributed by atoms with Crippen molar-refractivity contribution < 1.29 is 9.47 Å². The van der Waals surface area contributed by atoms with E-state index < -0.39 is 0 Å². The second kappa shape index (κ2) is 9.06. The quantitative estimate of drug-likeness (QED) is 0.580. The summed E-state index contributed by atoms with van der Waals surface area (Å²) in [5, 5.41) is 4.96. The van der Waals surface area contributed by atoms with Gasteiger partial charge in [-0.25, -0.2) is 0 Å². The predicted octanol–water partition coefficient (Wildman–Crippen LogP) is 4.26. The van der Waals surface area contributed by atoms with Crippen molar-refractivity contribution in [2.75, 3.05) is 13.2 Å². The van der Waals surface area contributed by atoms with Crippen molar-refractivity contribution in [3.63, 3.8) is 0 Å².